The van der Waals surface area contributed by atoms with Gasteiger partial charge in [0.15, 0.2) is 0 Å². The normalized spacial score (nSPS) is 20.6. The zero-order chi connectivity index (χ0) is 14.7. The molecule has 0 saturated carbocycles. The SMILES string of the molecule is COc1cccc(C(N)CN2CC(C(C)C)CC2=O)c1. The molecular formula is C16H24N2O2. The van der Waals surface area contributed by atoms with Gasteiger partial charge in [-0.25, -0.2) is 0 Å². The van der Waals surface area contributed by atoms with E-state index in [1.54, 1.807) is 7.11 Å². The van der Waals surface area contributed by atoms with Crippen molar-refractivity contribution in [1.82, 2.24) is 4.90 Å². The molecule has 4 nitrogen and oxygen atoms in total. The highest BCUT2D eigenvalue weighted by atomic mass is 16.5. The van der Waals surface area contributed by atoms with Gasteiger partial charge in [-0.3, -0.25) is 4.79 Å². The number of likely N-dealkylation sites (tertiary alicyclic amines) is 1. The molecule has 2 N–H and O–H groups in total. The maximum Gasteiger partial charge on any atom is 0.222 e. The highest BCUT2D eigenvalue weighted by molar-refractivity contribution is 5.78. The zero-order valence-corrected chi connectivity index (χ0v) is 12.5. The molecule has 2 unspecified atom stereocenters. The maximum atomic E-state index is 12.0. The lowest BCUT2D eigenvalue weighted by Gasteiger charge is -2.22. The molecule has 1 heterocycles. The minimum absolute atomic E-state index is 0.167. The van der Waals surface area contributed by atoms with E-state index in [2.05, 4.69) is 13.8 Å². The summed E-state index contributed by atoms with van der Waals surface area (Å²) >= 11 is 0. The third kappa shape index (κ3) is 3.31. The van der Waals surface area contributed by atoms with Crippen molar-refractivity contribution < 1.29 is 9.53 Å². The van der Waals surface area contributed by atoms with Crippen LogP contribution in [0.3, 0.4) is 0 Å². The molecule has 1 fully saturated rings. The summed E-state index contributed by atoms with van der Waals surface area (Å²) < 4.78 is 5.21. The first kappa shape index (κ1) is 14.9. The number of rotatable bonds is 5. The highest BCUT2D eigenvalue weighted by Gasteiger charge is 2.32. The molecule has 0 bridgehead atoms. The van der Waals surface area contributed by atoms with Gasteiger partial charge >= 0.3 is 0 Å². The number of carbonyl (C=O) groups is 1. The maximum absolute atomic E-state index is 12.0. The average Bonchev–Trinajstić information content (AvgIpc) is 2.80. The number of nitrogens with two attached hydrogens (primary N) is 1. The lowest BCUT2D eigenvalue weighted by Crippen LogP contribution is -2.33. The van der Waals surface area contributed by atoms with Gasteiger partial charge in [0, 0.05) is 25.6 Å². The van der Waals surface area contributed by atoms with E-state index < -0.39 is 0 Å². The van der Waals surface area contributed by atoms with Gasteiger partial charge in [0.2, 0.25) is 5.91 Å². The Labute approximate surface area is 120 Å². The van der Waals surface area contributed by atoms with Crippen molar-refractivity contribution in [2.45, 2.75) is 26.3 Å². The Kier molecular flexibility index (Phi) is 4.65. The van der Waals surface area contributed by atoms with Crippen molar-refractivity contribution in [2.24, 2.45) is 17.6 Å². The van der Waals surface area contributed by atoms with Gasteiger partial charge in [0.1, 0.15) is 5.75 Å². The Balaban J connectivity index is 2.00. The van der Waals surface area contributed by atoms with Gasteiger partial charge in [-0.15, -0.1) is 0 Å². The van der Waals surface area contributed by atoms with E-state index in [1.165, 1.54) is 0 Å². The molecule has 1 aliphatic heterocycles. The molecule has 4 heteroatoms. The van der Waals surface area contributed by atoms with Crippen LogP contribution in [0.4, 0.5) is 0 Å². The van der Waals surface area contributed by atoms with Crippen LogP contribution in [0.1, 0.15) is 31.9 Å². The molecule has 0 aromatic heterocycles. The number of hydrogen-bond acceptors (Lipinski definition) is 3. The molecule has 20 heavy (non-hydrogen) atoms. The van der Waals surface area contributed by atoms with Crippen molar-refractivity contribution in [1.29, 1.82) is 0 Å². The van der Waals surface area contributed by atoms with Gasteiger partial charge in [0.05, 0.1) is 7.11 Å². The van der Waals surface area contributed by atoms with Crippen molar-refractivity contribution in [3.8, 4) is 5.75 Å². The van der Waals surface area contributed by atoms with Gasteiger partial charge < -0.3 is 15.4 Å². The predicted octanol–water partition coefficient (Wildman–Crippen LogP) is 2.20. The van der Waals surface area contributed by atoms with Crippen LogP contribution in [0.25, 0.3) is 0 Å². The summed E-state index contributed by atoms with van der Waals surface area (Å²) in [5.74, 6) is 2.02. The second-order valence-corrected chi connectivity index (χ2v) is 5.89. The summed E-state index contributed by atoms with van der Waals surface area (Å²) in [4.78, 5) is 13.9. The molecule has 2 atom stereocenters. The van der Waals surface area contributed by atoms with Crippen molar-refractivity contribution in [2.75, 3.05) is 20.2 Å². The molecule has 1 saturated heterocycles. The molecule has 0 radical (unpaired) electrons. The van der Waals surface area contributed by atoms with Gasteiger partial charge in [-0.05, 0) is 29.5 Å². The van der Waals surface area contributed by atoms with E-state index in [9.17, 15) is 4.79 Å². The van der Waals surface area contributed by atoms with Crippen LogP contribution in [0.15, 0.2) is 24.3 Å². The third-order valence-electron chi connectivity index (χ3n) is 4.13. The Bertz CT molecular complexity index is 473. The standard InChI is InChI=1S/C16H24N2O2/c1-11(2)13-8-16(19)18(9-13)10-15(17)12-5-4-6-14(7-12)20-3/h4-7,11,13,15H,8-10,17H2,1-3H3. The second-order valence-electron chi connectivity index (χ2n) is 5.89. The second kappa shape index (κ2) is 6.27. The van der Waals surface area contributed by atoms with Crippen LogP contribution < -0.4 is 10.5 Å². The lowest BCUT2D eigenvalue weighted by atomic mass is 9.95. The Morgan fingerprint density at radius 1 is 1.45 bits per heavy atom. The lowest BCUT2D eigenvalue weighted by molar-refractivity contribution is -0.128. The molecule has 1 aromatic carbocycles. The minimum Gasteiger partial charge on any atom is -0.497 e. The fourth-order valence-electron chi connectivity index (χ4n) is 2.64. The first-order chi connectivity index (χ1) is 9.51. The van der Waals surface area contributed by atoms with Crippen LogP contribution >= 0.6 is 0 Å². The largest absolute Gasteiger partial charge is 0.497 e. The van der Waals surface area contributed by atoms with Crippen LogP contribution in [0.5, 0.6) is 5.75 Å². The summed E-state index contributed by atoms with van der Waals surface area (Å²) in [5.41, 5.74) is 7.24. The number of carbonyl (C=O) groups excluding carboxylic acids is 1. The van der Waals surface area contributed by atoms with E-state index >= 15 is 0 Å². The number of ether oxygens (including phenoxy) is 1. The highest BCUT2D eigenvalue weighted by Crippen LogP contribution is 2.26. The monoisotopic (exact) mass is 276 g/mol. The van der Waals surface area contributed by atoms with Gasteiger partial charge in [-0.2, -0.15) is 0 Å². The smallest absolute Gasteiger partial charge is 0.222 e. The number of benzene rings is 1. The van der Waals surface area contributed by atoms with Crippen molar-refractivity contribution >= 4 is 5.91 Å². The van der Waals surface area contributed by atoms with Gasteiger partial charge in [-0.1, -0.05) is 26.0 Å². The zero-order valence-electron chi connectivity index (χ0n) is 12.5. The van der Waals surface area contributed by atoms with Crippen LogP contribution in [0.2, 0.25) is 0 Å². The van der Waals surface area contributed by atoms with Crippen LogP contribution in [-0.2, 0) is 4.79 Å². The third-order valence-corrected chi connectivity index (χ3v) is 4.13. The van der Waals surface area contributed by atoms with Crippen molar-refractivity contribution in [3.63, 3.8) is 0 Å². The topological polar surface area (TPSA) is 55.6 Å². The summed E-state index contributed by atoms with van der Waals surface area (Å²) in [6.07, 6.45) is 0.655. The molecule has 1 aromatic rings. The van der Waals surface area contributed by atoms with Crippen LogP contribution in [-0.4, -0.2) is 31.0 Å². The summed E-state index contributed by atoms with van der Waals surface area (Å²) in [6.45, 7) is 5.75. The van der Waals surface area contributed by atoms with Gasteiger partial charge in [0.25, 0.3) is 0 Å². The van der Waals surface area contributed by atoms with E-state index in [0.29, 0.717) is 24.8 Å². The predicted molar refractivity (Wildman–Crippen MR) is 79.4 cm³/mol. The van der Waals surface area contributed by atoms with Crippen molar-refractivity contribution in [3.05, 3.63) is 29.8 Å². The number of amides is 1. The Hall–Kier alpha value is -1.55. The minimum atomic E-state index is -0.167. The fraction of sp³-hybridized carbons (Fsp3) is 0.562. The van der Waals surface area contributed by atoms with E-state index in [4.69, 9.17) is 10.5 Å². The molecule has 110 valence electrons. The first-order valence-electron chi connectivity index (χ1n) is 7.18. The Morgan fingerprint density at radius 3 is 2.80 bits per heavy atom. The van der Waals surface area contributed by atoms with E-state index in [1.807, 2.05) is 29.2 Å². The van der Waals surface area contributed by atoms with E-state index in [0.717, 1.165) is 17.9 Å². The molecular weight excluding hydrogens is 252 g/mol. The molecule has 1 aliphatic rings. The average molecular weight is 276 g/mol. The van der Waals surface area contributed by atoms with Crippen LogP contribution in [0, 0.1) is 11.8 Å². The summed E-state index contributed by atoms with van der Waals surface area (Å²) in [6, 6.07) is 7.57. The fourth-order valence-corrected chi connectivity index (χ4v) is 2.64. The summed E-state index contributed by atoms with van der Waals surface area (Å²) in [7, 11) is 1.64. The summed E-state index contributed by atoms with van der Waals surface area (Å²) in [5, 5.41) is 0. The van der Waals surface area contributed by atoms with E-state index in [-0.39, 0.29) is 11.9 Å². The molecule has 0 spiro atoms. The molecule has 2 rings (SSSR count). The number of nitrogens with zero attached hydrogens (tertiary/aromatic N) is 1. The number of methoxy groups -OCH3 is 1. The molecule has 1 amide bonds. The number of hydrogen-bond donors (Lipinski definition) is 1. The first-order valence-corrected chi connectivity index (χ1v) is 7.18. The molecule has 0 aliphatic carbocycles. The quantitative estimate of drug-likeness (QED) is 0.897. The Morgan fingerprint density at radius 2 is 2.20 bits per heavy atom.